The van der Waals surface area contributed by atoms with Crippen molar-refractivity contribution in [1.29, 1.82) is 0 Å². The third-order valence-electron chi connectivity index (χ3n) is 5.04. The fourth-order valence-electron chi connectivity index (χ4n) is 3.20. The summed E-state index contributed by atoms with van der Waals surface area (Å²) >= 11 is 1.61. The van der Waals surface area contributed by atoms with Gasteiger partial charge in [0.05, 0.1) is 5.56 Å². The first-order chi connectivity index (χ1) is 15.7. The Morgan fingerprint density at radius 1 is 1.06 bits per heavy atom. The number of hydrogen-bond donors (Lipinski definition) is 2. The van der Waals surface area contributed by atoms with Crippen LogP contribution >= 0.6 is 11.3 Å². The van der Waals surface area contributed by atoms with Crippen LogP contribution in [0.15, 0.2) is 67.0 Å². The first kappa shape index (κ1) is 20.1. The molecule has 0 radical (unpaired) electrons. The Balaban J connectivity index is 1.37. The normalized spacial score (nSPS) is 12.9. The zero-order valence-electron chi connectivity index (χ0n) is 17.4. The minimum absolute atomic E-state index is 0.179. The molecule has 0 spiro atoms. The van der Waals surface area contributed by atoms with Crippen LogP contribution in [-0.2, 0) is 0 Å². The summed E-state index contributed by atoms with van der Waals surface area (Å²) in [6.45, 7) is 0. The second-order valence-corrected chi connectivity index (χ2v) is 8.44. The molecule has 1 aliphatic carbocycles. The van der Waals surface area contributed by atoms with Gasteiger partial charge in [0.15, 0.2) is 0 Å². The standard InChI is InChI=1S/C24H21N5O2S/c1-25-22(30)17-9-10-19(27-14-17)28-20-13-18(11-12-26-20)31-24-21(15-5-3-2-4-6-15)29-23(32-24)16-7-8-16/h2-6,9-14,16H,7-8H2,1H3,(H,25,30)(H,26,27,28). The number of carbonyl (C=O) groups excluding carboxylic acids is 1. The molecule has 1 saturated carbocycles. The average Bonchev–Trinajstić information content (AvgIpc) is 3.60. The SMILES string of the molecule is CNC(=O)c1ccc(Nc2cc(Oc3sc(C4CC4)nc3-c3ccccc3)ccn2)nc1. The van der Waals surface area contributed by atoms with E-state index in [1.807, 2.05) is 42.5 Å². The Hall–Kier alpha value is -3.78. The van der Waals surface area contributed by atoms with Crippen molar-refractivity contribution in [3.05, 3.63) is 77.6 Å². The van der Waals surface area contributed by atoms with E-state index in [0.717, 1.165) is 21.3 Å². The maximum atomic E-state index is 11.7. The van der Waals surface area contributed by atoms with Gasteiger partial charge in [-0.15, -0.1) is 0 Å². The molecule has 1 fully saturated rings. The van der Waals surface area contributed by atoms with Crippen molar-refractivity contribution in [2.24, 2.45) is 0 Å². The molecule has 0 saturated heterocycles. The molecule has 0 aliphatic heterocycles. The zero-order chi connectivity index (χ0) is 21.9. The Bertz CT molecular complexity index is 1240. The topological polar surface area (TPSA) is 89.0 Å². The van der Waals surface area contributed by atoms with Gasteiger partial charge in [-0.25, -0.2) is 15.0 Å². The average molecular weight is 444 g/mol. The molecule has 0 bridgehead atoms. The Morgan fingerprint density at radius 3 is 2.62 bits per heavy atom. The Kier molecular flexibility index (Phi) is 5.51. The fourth-order valence-corrected chi connectivity index (χ4v) is 4.33. The van der Waals surface area contributed by atoms with Crippen molar-refractivity contribution >= 4 is 28.9 Å². The molecule has 5 rings (SSSR count). The molecule has 3 heterocycles. The van der Waals surface area contributed by atoms with Gasteiger partial charge < -0.3 is 15.4 Å². The first-order valence-electron chi connectivity index (χ1n) is 10.3. The molecule has 32 heavy (non-hydrogen) atoms. The van der Waals surface area contributed by atoms with E-state index in [-0.39, 0.29) is 5.91 Å². The van der Waals surface area contributed by atoms with E-state index in [1.54, 1.807) is 36.7 Å². The Morgan fingerprint density at radius 2 is 1.91 bits per heavy atom. The van der Waals surface area contributed by atoms with Gasteiger partial charge in [0.2, 0.25) is 5.06 Å². The van der Waals surface area contributed by atoms with E-state index in [2.05, 4.69) is 20.6 Å². The summed E-state index contributed by atoms with van der Waals surface area (Å²) in [6, 6.07) is 17.2. The third-order valence-corrected chi connectivity index (χ3v) is 6.13. The van der Waals surface area contributed by atoms with Gasteiger partial charge in [-0.05, 0) is 31.0 Å². The van der Waals surface area contributed by atoms with E-state index in [1.165, 1.54) is 19.0 Å². The van der Waals surface area contributed by atoms with E-state index < -0.39 is 0 Å². The maximum absolute atomic E-state index is 11.7. The number of ether oxygens (including phenoxy) is 1. The van der Waals surface area contributed by atoms with Crippen LogP contribution in [0.25, 0.3) is 11.3 Å². The molecule has 4 aromatic rings. The highest BCUT2D eigenvalue weighted by atomic mass is 32.1. The summed E-state index contributed by atoms with van der Waals surface area (Å²) in [5, 5.41) is 7.64. The van der Waals surface area contributed by atoms with Gasteiger partial charge in [0.1, 0.15) is 28.1 Å². The zero-order valence-corrected chi connectivity index (χ0v) is 18.2. The summed E-state index contributed by atoms with van der Waals surface area (Å²) in [5.74, 6) is 2.21. The van der Waals surface area contributed by atoms with Gasteiger partial charge in [0.25, 0.3) is 5.91 Å². The summed E-state index contributed by atoms with van der Waals surface area (Å²) < 4.78 is 6.27. The monoisotopic (exact) mass is 443 g/mol. The molecule has 2 N–H and O–H groups in total. The highest BCUT2D eigenvalue weighted by molar-refractivity contribution is 7.14. The number of benzene rings is 1. The van der Waals surface area contributed by atoms with Crippen molar-refractivity contribution in [3.8, 4) is 22.1 Å². The second kappa shape index (κ2) is 8.76. The molecule has 8 heteroatoms. The molecule has 3 aromatic heterocycles. The smallest absolute Gasteiger partial charge is 0.252 e. The van der Waals surface area contributed by atoms with Gasteiger partial charge in [0, 0.05) is 37.0 Å². The number of rotatable bonds is 7. The highest BCUT2D eigenvalue weighted by Crippen LogP contribution is 2.48. The molecule has 0 atom stereocenters. The number of aromatic nitrogens is 3. The first-order valence-corrected chi connectivity index (χ1v) is 11.2. The lowest BCUT2D eigenvalue weighted by molar-refractivity contribution is 0.0963. The molecule has 0 unspecified atom stereocenters. The number of amides is 1. The van der Waals surface area contributed by atoms with Crippen LogP contribution in [0.4, 0.5) is 11.6 Å². The number of anilines is 2. The van der Waals surface area contributed by atoms with Crippen LogP contribution in [0.1, 0.15) is 34.1 Å². The Labute approximate surface area is 189 Å². The minimum Gasteiger partial charge on any atom is -0.444 e. The number of nitrogens with one attached hydrogen (secondary N) is 2. The molecule has 1 amide bonds. The van der Waals surface area contributed by atoms with E-state index in [4.69, 9.17) is 9.72 Å². The predicted molar refractivity (Wildman–Crippen MR) is 125 cm³/mol. The van der Waals surface area contributed by atoms with E-state index in [9.17, 15) is 4.79 Å². The number of hydrogen-bond acceptors (Lipinski definition) is 7. The number of nitrogens with zero attached hydrogens (tertiary/aromatic N) is 3. The van der Waals surface area contributed by atoms with Crippen molar-refractivity contribution in [2.75, 3.05) is 12.4 Å². The van der Waals surface area contributed by atoms with Crippen LogP contribution in [0, 0.1) is 0 Å². The second-order valence-electron chi connectivity index (χ2n) is 7.44. The lowest BCUT2D eigenvalue weighted by Gasteiger charge is -2.09. The van der Waals surface area contributed by atoms with Gasteiger partial charge in [-0.1, -0.05) is 41.7 Å². The van der Waals surface area contributed by atoms with Crippen molar-refractivity contribution in [2.45, 2.75) is 18.8 Å². The number of thiazole rings is 1. The van der Waals surface area contributed by atoms with Crippen molar-refractivity contribution in [1.82, 2.24) is 20.3 Å². The largest absolute Gasteiger partial charge is 0.444 e. The molecular weight excluding hydrogens is 422 g/mol. The lowest BCUT2D eigenvalue weighted by atomic mass is 10.2. The van der Waals surface area contributed by atoms with Gasteiger partial charge in [-0.2, -0.15) is 0 Å². The molecular formula is C24H21N5O2S. The van der Waals surface area contributed by atoms with E-state index >= 15 is 0 Å². The third kappa shape index (κ3) is 4.45. The van der Waals surface area contributed by atoms with Crippen LogP contribution < -0.4 is 15.4 Å². The van der Waals surface area contributed by atoms with Crippen LogP contribution in [-0.4, -0.2) is 27.9 Å². The predicted octanol–water partition coefficient (Wildman–Crippen LogP) is 5.37. The molecule has 7 nitrogen and oxygen atoms in total. The summed E-state index contributed by atoms with van der Waals surface area (Å²) in [7, 11) is 1.59. The molecule has 1 aliphatic rings. The lowest BCUT2D eigenvalue weighted by Crippen LogP contribution is -2.17. The van der Waals surface area contributed by atoms with Crippen LogP contribution in [0.5, 0.6) is 10.8 Å². The highest BCUT2D eigenvalue weighted by Gasteiger charge is 2.29. The van der Waals surface area contributed by atoms with Crippen LogP contribution in [0.3, 0.4) is 0 Å². The summed E-state index contributed by atoms with van der Waals surface area (Å²) in [6.07, 6.45) is 5.58. The summed E-state index contributed by atoms with van der Waals surface area (Å²) in [5.41, 5.74) is 2.40. The van der Waals surface area contributed by atoms with E-state index in [0.29, 0.717) is 28.9 Å². The van der Waals surface area contributed by atoms with Gasteiger partial charge in [-0.3, -0.25) is 4.79 Å². The number of pyridine rings is 2. The number of carbonyl (C=O) groups is 1. The van der Waals surface area contributed by atoms with Crippen molar-refractivity contribution < 1.29 is 9.53 Å². The maximum Gasteiger partial charge on any atom is 0.252 e. The summed E-state index contributed by atoms with van der Waals surface area (Å²) in [4.78, 5) is 25.2. The molecule has 1 aromatic carbocycles. The van der Waals surface area contributed by atoms with Gasteiger partial charge >= 0.3 is 0 Å². The molecule has 160 valence electrons. The quantitative estimate of drug-likeness (QED) is 0.399. The minimum atomic E-state index is -0.179. The fraction of sp³-hybridized carbons (Fsp3) is 0.167. The van der Waals surface area contributed by atoms with Crippen LogP contribution in [0.2, 0.25) is 0 Å². The van der Waals surface area contributed by atoms with Crippen molar-refractivity contribution in [3.63, 3.8) is 0 Å².